The Balaban J connectivity index is 1.53. The summed E-state index contributed by atoms with van der Waals surface area (Å²) in [6, 6.07) is 6.65. The fourth-order valence-electron chi connectivity index (χ4n) is 3.10. The summed E-state index contributed by atoms with van der Waals surface area (Å²) in [6.07, 6.45) is 0.0783. The first-order valence-electron chi connectivity index (χ1n) is 8.09. The molecule has 0 N–H and O–H groups in total. The Hall–Kier alpha value is -2.41. The van der Waals surface area contributed by atoms with Crippen molar-refractivity contribution in [1.29, 1.82) is 0 Å². The number of amides is 4. The van der Waals surface area contributed by atoms with E-state index in [0.29, 0.717) is 37.3 Å². The molecule has 0 aromatic heterocycles. The van der Waals surface area contributed by atoms with Crippen LogP contribution in [0.2, 0.25) is 0 Å². The maximum Gasteiger partial charge on any atom is 0.261 e. The van der Waals surface area contributed by atoms with Crippen molar-refractivity contribution in [2.45, 2.75) is 6.42 Å². The second-order valence-corrected chi connectivity index (χ2v) is 6.22. The Morgan fingerprint density at radius 3 is 1.84 bits per heavy atom. The van der Waals surface area contributed by atoms with Gasteiger partial charge in [-0.1, -0.05) is 12.1 Å². The van der Waals surface area contributed by atoms with E-state index in [1.165, 1.54) is 0 Å². The van der Waals surface area contributed by atoms with Gasteiger partial charge in [0.2, 0.25) is 11.8 Å². The lowest BCUT2D eigenvalue weighted by atomic mass is 10.1. The van der Waals surface area contributed by atoms with E-state index in [1.807, 2.05) is 0 Å². The van der Waals surface area contributed by atoms with Crippen molar-refractivity contribution in [3.63, 3.8) is 0 Å². The van der Waals surface area contributed by atoms with Crippen LogP contribution in [0.3, 0.4) is 0 Å². The average Bonchev–Trinajstić information content (AvgIpc) is 2.90. The molecule has 4 amide bonds. The molecule has 0 saturated carbocycles. The molecule has 1 saturated heterocycles. The summed E-state index contributed by atoms with van der Waals surface area (Å²) in [7, 11) is 0. The van der Waals surface area contributed by atoms with Gasteiger partial charge < -0.3 is 9.80 Å². The molecular weight excluding hydrogens is 346 g/mol. The second-order valence-electron chi connectivity index (χ2n) is 5.95. The molecule has 1 aromatic carbocycles. The third kappa shape index (κ3) is 3.37. The van der Waals surface area contributed by atoms with E-state index < -0.39 is 0 Å². The summed E-state index contributed by atoms with van der Waals surface area (Å²) in [5.41, 5.74) is 0.765. The molecule has 0 radical (unpaired) electrons. The molecule has 0 bridgehead atoms. The molecule has 25 heavy (non-hydrogen) atoms. The zero-order valence-electron chi connectivity index (χ0n) is 13.6. The summed E-state index contributed by atoms with van der Waals surface area (Å²) in [6.45, 7) is 1.83. The summed E-state index contributed by atoms with van der Waals surface area (Å²) < 4.78 is 0. The highest BCUT2D eigenvalue weighted by atomic mass is 35.5. The van der Waals surface area contributed by atoms with Gasteiger partial charge in [-0.25, -0.2) is 0 Å². The molecule has 2 aliphatic rings. The lowest BCUT2D eigenvalue weighted by Crippen LogP contribution is -2.51. The molecule has 1 fully saturated rings. The molecule has 1 aromatic rings. The number of benzene rings is 1. The second kappa shape index (κ2) is 7.23. The Kier molecular flexibility index (Phi) is 5.03. The number of rotatable bonds is 4. The first kappa shape index (κ1) is 17.4. The van der Waals surface area contributed by atoms with E-state index in [1.54, 1.807) is 34.1 Å². The van der Waals surface area contributed by atoms with Crippen LogP contribution < -0.4 is 0 Å². The Morgan fingerprint density at radius 2 is 1.36 bits per heavy atom. The first-order chi connectivity index (χ1) is 12.0. The quantitative estimate of drug-likeness (QED) is 0.579. The third-order valence-corrected chi connectivity index (χ3v) is 4.76. The molecule has 0 atom stereocenters. The SMILES string of the molecule is O=C(CCl)N1CCN(C(=O)CCN2C(=O)c3ccccc3C2=O)CC1. The van der Waals surface area contributed by atoms with Crippen molar-refractivity contribution in [3.05, 3.63) is 35.4 Å². The zero-order chi connectivity index (χ0) is 18.0. The van der Waals surface area contributed by atoms with E-state index in [-0.39, 0.29) is 42.5 Å². The van der Waals surface area contributed by atoms with Gasteiger partial charge in [0.1, 0.15) is 5.88 Å². The molecule has 7 nitrogen and oxygen atoms in total. The van der Waals surface area contributed by atoms with Crippen molar-refractivity contribution in [1.82, 2.24) is 14.7 Å². The van der Waals surface area contributed by atoms with E-state index in [4.69, 9.17) is 11.6 Å². The first-order valence-corrected chi connectivity index (χ1v) is 8.63. The van der Waals surface area contributed by atoms with E-state index in [2.05, 4.69) is 0 Å². The van der Waals surface area contributed by atoms with Crippen LogP contribution >= 0.6 is 11.6 Å². The molecule has 8 heteroatoms. The normalized spacial score (nSPS) is 17.1. The van der Waals surface area contributed by atoms with Crippen LogP contribution in [-0.4, -0.2) is 76.9 Å². The predicted molar refractivity (Wildman–Crippen MR) is 90.3 cm³/mol. The Morgan fingerprint density at radius 1 is 0.880 bits per heavy atom. The number of piperazine rings is 1. The largest absolute Gasteiger partial charge is 0.339 e. The monoisotopic (exact) mass is 363 g/mol. The Labute approximate surface area is 150 Å². The van der Waals surface area contributed by atoms with Gasteiger partial charge in [-0.2, -0.15) is 0 Å². The number of alkyl halides is 1. The summed E-state index contributed by atoms with van der Waals surface area (Å²) in [5.74, 6) is -1.04. The van der Waals surface area contributed by atoms with Gasteiger partial charge in [-0.05, 0) is 12.1 Å². The third-order valence-electron chi connectivity index (χ3n) is 4.53. The van der Waals surface area contributed by atoms with Crippen LogP contribution in [0.25, 0.3) is 0 Å². The predicted octanol–water partition coefficient (Wildman–Crippen LogP) is 0.582. The lowest BCUT2D eigenvalue weighted by molar-refractivity contribution is -0.138. The molecule has 0 aliphatic carbocycles. The minimum absolute atomic E-state index is 0.0615. The van der Waals surface area contributed by atoms with Crippen molar-refractivity contribution in [3.8, 4) is 0 Å². The smallest absolute Gasteiger partial charge is 0.261 e. The number of hydrogen-bond acceptors (Lipinski definition) is 4. The number of carbonyl (C=O) groups is 4. The fourth-order valence-corrected chi connectivity index (χ4v) is 3.27. The number of imide groups is 1. The van der Waals surface area contributed by atoms with Crippen LogP contribution in [-0.2, 0) is 9.59 Å². The maximum atomic E-state index is 12.3. The van der Waals surface area contributed by atoms with Gasteiger partial charge in [-0.3, -0.25) is 24.1 Å². The fraction of sp³-hybridized carbons (Fsp3) is 0.412. The van der Waals surface area contributed by atoms with Crippen LogP contribution in [0.15, 0.2) is 24.3 Å². The number of nitrogens with zero attached hydrogens (tertiary/aromatic N) is 3. The van der Waals surface area contributed by atoms with E-state index >= 15 is 0 Å². The topological polar surface area (TPSA) is 78.0 Å². The van der Waals surface area contributed by atoms with Crippen LogP contribution in [0.4, 0.5) is 0 Å². The summed E-state index contributed by atoms with van der Waals surface area (Å²) >= 11 is 5.53. The highest BCUT2D eigenvalue weighted by Gasteiger charge is 2.35. The van der Waals surface area contributed by atoms with Gasteiger partial charge in [0.25, 0.3) is 11.8 Å². The molecular formula is C17H18ClN3O4. The van der Waals surface area contributed by atoms with Crippen molar-refractivity contribution in [2.75, 3.05) is 38.6 Å². The van der Waals surface area contributed by atoms with Crippen LogP contribution in [0.1, 0.15) is 27.1 Å². The van der Waals surface area contributed by atoms with Gasteiger partial charge in [0.15, 0.2) is 0 Å². The van der Waals surface area contributed by atoms with Crippen molar-refractivity contribution in [2.24, 2.45) is 0 Å². The van der Waals surface area contributed by atoms with Crippen molar-refractivity contribution >= 4 is 35.2 Å². The van der Waals surface area contributed by atoms with Gasteiger partial charge in [-0.15, -0.1) is 11.6 Å². The van der Waals surface area contributed by atoms with Gasteiger partial charge in [0, 0.05) is 39.1 Å². The molecule has 0 unspecified atom stereocenters. The lowest BCUT2D eigenvalue weighted by Gasteiger charge is -2.34. The number of carbonyl (C=O) groups excluding carboxylic acids is 4. The number of halogens is 1. The molecule has 2 aliphatic heterocycles. The van der Waals surface area contributed by atoms with E-state index in [0.717, 1.165) is 4.90 Å². The highest BCUT2D eigenvalue weighted by molar-refractivity contribution is 6.27. The standard InChI is InChI=1S/C17H18ClN3O4/c18-11-15(23)20-9-7-19(8-10-20)14(22)5-6-21-16(24)12-3-1-2-4-13(12)17(21)25/h1-4H,5-11H2. The number of hydrogen-bond donors (Lipinski definition) is 0. The maximum absolute atomic E-state index is 12.3. The Bertz CT molecular complexity index is 693. The molecule has 3 rings (SSSR count). The average molecular weight is 364 g/mol. The zero-order valence-corrected chi connectivity index (χ0v) is 14.4. The van der Waals surface area contributed by atoms with Gasteiger partial charge in [0.05, 0.1) is 11.1 Å². The van der Waals surface area contributed by atoms with Crippen molar-refractivity contribution < 1.29 is 19.2 Å². The van der Waals surface area contributed by atoms with Gasteiger partial charge >= 0.3 is 0 Å². The molecule has 2 heterocycles. The van der Waals surface area contributed by atoms with Crippen LogP contribution in [0, 0.1) is 0 Å². The number of fused-ring (bicyclic) bond motifs is 1. The summed E-state index contributed by atoms with van der Waals surface area (Å²) in [5, 5.41) is 0. The van der Waals surface area contributed by atoms with E-state index in [9.17, 15) is 19.2 Å². The minimum atomic E-state index is -0.356. The van der Waals surface area contributed by atoms with Crippen LogP contribution in [0.5, 0.6) is 0 Å². The highest BCUT2D eigenvalue weighted by Crippen LogP contribution is 2.22. The molecule has 132 valence electrons. The summed E-state index contributed by atoms with van der Waals surface area (Å²) in [4.78, 5) is 52.8. The molecule has 0 spiro atoms. The minimum Gasteiger partial charge on any atom is -0.339 e.